The van der Waals surface area contributed by atoms with Crippen LogP contribution < -0.4 is 16.2 Å². The molecule has 1 aromatic heterocycles. The van der Waals surface area contributed by atoms with Crippen LogP contribution in [0.2, 0.25) is 0 Å². The maximum atomic E-state index is 14.6. The summed E-state index contributed by atoms with van der Waals surface area (Å²) >= 11 is 0. The van der Waals surface area contributed by atoms with E-state index in [-0.39, 0.29) is 73.3 Å². The summed E-state index contributed by atoms with van der Waals surface area (Å²) in [5.74, 6) is -2.42. The van der Waals surface area contributed by atoms with Crippen LogP contribution in [-0.4, -0.2) is 23.5 Å². The number of hydrogen-bond donors (Lipinski definition) is 2. The molecule has 2 heterocycles. The second-order valence-electron chi connectivity index (χ2n) is 7.00. The van der Waals surface area contributed by atoms with E-state index in [4.69, 9.17) is 0 Å². The van der Waals surface area contributed by atoms with Crippen molar-refractivity contribution in [3.63, 3.8) is 0 Å². The summed E-state index contributed by atoms with van der Waals surface area (Å²) < 4.78 is 82.2. The quantitative estimate of drug-likeness (QED) is 0.378. The summed E-state index contributed by atoms with van der Waals surface area (Å²) in [6.45, 7) is 0.922. The average Bonchev–Trinajstić information content (AvgIpc) is 3.51. The Morgan fingerprint density at radius 3 is 2.42 bits per heavy atom. The predicted octanol–water partition coefficient (Wildman–Crippen LogP) is 3.75. The van der Waals surface area contributed by atoms with Crippen LogP contribution in [0.3, 0.4) is 0 Å². The first-order chi connectivity index (χ1) is 14.3. The van der Waals surface area contributed by atoms with Crippen LogP contribution in [0.4, 0.5) is 32.0 Å². The molecule has 0 bridgehead atoms. The van der Waals surface area contributed by atoms with Crippen molar-refractivity contribution in [1.29, 1.82) is 0 Å². The van der Waals surface area contributed by atoms with Gasteiger partial charge in [0.1, 0.15) is 5.54 Å². The fraction of sp³-hybridized carbons (Fsp3) is 0.316. The molecule has 1 aromatic carbocycles. The van der Waals surface area contributed by atoms with Crippen LogP contribution in [0.15, 0.2) is 34.2 Å². The molecule has 2 aliphatic rings. The third-order valence-corrected chi connectivity index (χ3v) is 5.20. The van der Waals surface area contributed by atoms with Gasteiger partial charge in [-0.05, 0) is 12.8 Å². The van der Waals surface area contributed by atoms with Crippen molar-refractivity contribution in [2.75, 3.05) is 12.0 Å². The smallest absolute Gasteiger partial charge is 0.289 e. The van der Waals surface area contributed by atoms with E-state index in [1.165, 1.54) is 12.1 Å². The number of rotatable bonds is 5. The number of alkyl halides is 4. The Kier molecular flexibility index (Phi) is 6.72. The molecule has 1 fully saturated rings. The molecule has 5 nitrogen and oxygen atoms in total. The number of nitrogens with one attached hydrogen (secondary N) is 2. The van der Waals surface area contributed by atoms with Crippen molar-refractivity contribution >= 4 is 11.5 Å². The molecular formula is C19H15F6N4OU-. The zero-order chi connectivity index (χ0) is 21.6. The predicted molar refractivity (Wildman–Crippen MR) is 96.8 cm³/mol. The molecule has 0 atom stereocenters. The number of benzene rings is 1. The fourth-order valence-corrected chi connectivity index (χ4v) is 3.36. The summed E-state index contributed by atoms with van der Waals surface area (Å²) in [5, 5.41) is 5.35. The molecule has 164 valence electrons. The largest absolute Gasteiger partial charge is 0.391 e. The monoisotopic (exact) mass is 667 g/mol. The van der Waals surface area contributed by atoms with Crippen LogP contribution in [-0.2, 0) is 5.54 Å². The minimum atomic E-state index is -3.02. The van der Waals surface area contributed by atoms with Crippen molar-refractivity contribution in [3.8, 4) is 0 Å². The van der Waals surface area contributed by atoms with Gasteiger partial charge < -0.3 is 20.2 Å². The van der Waals surface area contributed by atoms with Gasteiger partial charge in [-0.1, -0.05) is 18.2 Å². The maximum Gasteiger partial charge on any atom is 0.289 e. The van der Waals surface area contributed by atoms with Crippen LogP contribution in [0.5, 0.6) is 0 Å². The number of nitrogens with zero attached hydrogens (tertiary/aromatic N) is 2. The van der Waals surface area contributed by atoms with E-state index >= 15 is 0 Å². The summed E-state index contributed by atoms with van der Waals surface area (Å²) in [6, 6.07) is 3.40. The maximum absolute atomic E-state index is 14.6. The van der Waals surface area contributed by atoms with Gasteiger partial charge in [-0.3, -0.25) is 9.18 Å². The topological polar surface area (TPSA) is 58.4 Å². The minimum absolute atomic E-state index is 0. The number of aromatic nitrogens is 1. The number of anilines is 1. The first-order valence-electron chi connectivity index (χ1n) is 8.96. The normalized spacial score (nSPS) is 17.6. The van der Waals surface area contributed by atoms with Gasteiger partial charge in [0.2, 0.25) is 5.82 Å². The van der Waals surface area contributed by atoms with Gasteiger partial charge in [-0.2, -0.15) is 4.39 Å². The molecule has 0 radical (unpaired) electrons. The number of pyridine rings is 1. The molecule has 1 saturated carbocycles. The summed E-state index contributed by atoms with van der Waals surface area (Å²) in [5.41, 5.74) is -4.21. The molecule has 0 saturated heterocycles. The zero-order valence-corrected chi connectivity index (χ0v) is 19.9. The van der Waals surface area contributed by atoms with E-state index in [0.717, 1.165) is 18.8 Å². The Morgan fingerprint density at radius 1 is 1.10 bits per heavy atom. The van der Waals surface area contributed by atoms with E-state index in [0.29, 0.717) is 4.57 Å². The minimum Gasteiger partial charge on any atom is -0.391 e. The second-order valence-corrected chi connectivity index (χ2v) is 7.00. The standard InChI is InChI=1S/C19H15F6N4O.U/c20-12-9(2-1-3-10(12)15(22)23)6-26-16-11-7-29(19(4-5-19)18(24)25)17(30)13(21)14(11)27-8-28-16;/h1-3,6-7,15,18,27H,4-5,8H2,(H,26,28);/q-1;. The molecule has 0 spiro atoms. The second kappa shape index (κ2) is 8.82. The Labute approximate surface area is 196 Å². The molecule has 31 heavy (non-hydrogen) atoms. The van der Waals surface area contributed by atoms with Gasteiger partial charge in [0.25, 0.3) is 18.4 Å². The Morgan fingerprint density at radius 2 is 1.81 bits per heavy atom. The van der Waals surface area contributed by atoms with Crippen LogP contribution >= 0.6 is 0 Å². The number of amidine groups is 1. The van der Waals surface area contributed by atoms with E-state index in [1.807, 2.05) is 0 Å². The van der Waals surface area contributed by atoms with Gasteiger partial charge in [0.05, 0.1) is 24.0 Å². The first kappa shape index (κ1) is 23.6. The van der Waals surface area contributed by atoms with E-state index in [9.17, 15) is 31.1 Å². The molecule has 0 unspecified atom stereocenters. The molecule has 0 amide bonds. The molecule has 2 N–H and O–H groups in total. The summed E-state index contributed by atoms with van der Waals surface area (Å²) in [6.07, 6.45) is -4.76. The van der Waals surface area contributed by atoms with Crippen molar-refractivity contribution < 1.29 is 57.5 Å². The van der Waals surface area contributed by atoms with Crippen molar-refractivity contribution in [1.82, 2.24) is 9.88 Å². The molecule has 1 aliphatic heterocycles. The third kappa shape index (κ3) is 4.07. The van der Waals surface area contributed by atoms with Gasteiger partial charge in [0.15, 0.2) is 0 Å². The fourth-order valence-electron chi connectivity index (χ4n) is 3.36. The van der Waals surface area contributed by atoms with E-state index < -0.39 is 41.1 Å². The van der Waals surface area contributed by atoms with Gasteiger partial charge in [0, 0.05) is 48.4 Å². The summed E-state index contributed by atoms with van der Waals surface area (Å²) in [7, 11) is 0. The summed E-state index contributed by atoms with van der Waals surface area (Å²) in [4.78, 5) is 16.3. The van der Waals surface area contributed by atoms with E-state index in [1.54, 1.807) is 0 Å². The molecular weight excluding hydrogens is 652 g/mol. The zero-order valence-electron chi connectivity index (χ0n) is 15.7. The number of hydrogen-bond acceptors (Lipinski definition) is 3. The Balaban J connectivity index is 0.00000272. The number of fused-ring (bicyclic) bond motifs is 1. The first-order valence-corrected chi connectivity index (χ1v) is 8.96. The van der Waals surface area contributed by atoms with Crippen molar-refractivity contribution in [3.05, 3.63) is 69.6 Å². The van der Waals surface area contributed by atoms with Gasteiger partial charge >= 0.3 is 0 Å². The Hall–Kier alpha value is -2.06. The van der Waals surface area contributed by atoms with Gasteiger partial charge in [-0.25, -0.2) is 17.6 Å². The van der Waals surface area contributed by atoms with Crippen LogP contribution in [0, 0.1) is 49.3 Å². The third-order valence-electron chi connectivity index (χ3n) is 5.20. The Bertz CT molecular complexity index is 1080. The molecule has 1 aliphatic carbocycles. The SMILES string of the molecule is O=c1c(F)c2c(cn1C1(C(F)F)CC1)C(=N[CH-]c1cccc(C(F)F)c1F)NCN2.[U]. The van der Waals surface area contributed by atoms with Crippen molar-refractivity contribution in [2.24, 2.45) is 4.99 Å². The average molecular weight is 667 g/mol. The molecule has 4 rings (SSSR count). The van der Waals surface area contributed by atoms with Crippen LogP contribution in [0.1, 0.15) is 36.0 Å². The van der Waals surface area contributed by atoms with Crippen LogP contribution in [0.25, 0.3) is 0 Å². The van der Waals surface area contributed by atoms with E-state index in [2.05, 4.69) is 15.6 Å². The molecule has 12 heteroatoms. The number of halogens is 6. The van der Waals surface area contributed by atoms with Gasteiger partial charge in [-0.15, -0.1) is 12.1 Å². The number of aliphatic imine (C=N–C) groups is 1. The molecule has 2 aromatic rings. The van der Waals surface area contributed by atoms with Crippen molar-refractivity contribution in [2.45, 2.75) is 31.2 Å².